The zero-order valence-electron chi connectivity index (χ0n) is 21.1. The summed E-state index contributed by atoms with van der Waals surface area (Å²) in [5, 5.41) is 0. The molecule has 5 aliphatic rings. The second kappa shape index (κ2) is 6.71. The molecule has 2 nitrogen and oxygen atoms in total. The van der Waals surface area contributed by atoms with Gasteiger partial charge in [0.25, 0.3) is 0 Å². The second-order valence-corrected chi connectivity index (χ2v) is 13.9. The maximum atomic E-state index is 12.2. The Kier molecular flexibility index (Phi) is 4.80. The van der Waals surface area contributed by atoms with E-state index in [-0.39, 0.29) is 21.8 Å². The van der Waals surface area contributed by atoms with Crippen molar-refractivity contribution in [1.82, 2.24) is 0 Å². The van der Waals surface area contributed by atoms with Gasteiger partial charge < -0.3 is 5.73 Å². The van der Waals surface area contributed by atoms with E-state index in [1.807, 2.05) is 0 Å². The Morgan fingerprint density at radius 1 is 0.935 bits per heavy atom. The molecule has 174 valence electrons. The number of Topliss-reactive ketones (excluding diaryl/α,β-unsaturated/α-hetero) is 1. The lowest BCUT2D eigenvalue weighted by Gasteiger charge is -2.73. The highest BCUT2D eigenvalue weighted by Gasteiger charge is 2.75. The number of allylic oxidation sites excluding steroid dienone is 1. The monoisotopic (exact) mass is 425 g/mol. The minimum Gasteiger partial charge on any atom is -0.324 e. The molecule has 0 aromatic carbocycles. The first-order valence-electron chi connectivity index (χ1n) is 13.3. The maximum Gasteiger partial charge on any atom is 0.133 e. The van der Waals surface area contributed by atoms with Crippen molar-refractivity contribution in [3.05, 3.63) is 12.2 Å². The van der Waals surface area contributed by atoms with Gasteiger partial charge in [-0.3, -0.25) is 4.79 Å². The normalized spacial score (nSPS) is 52.5. The molecule has 2 N–H and O–H groups in total. The van der Waals surface area contributed by atoms with Crippen LogP contribution in [0.2, 0.25) is 0 Å². The van der Waals surface area contributed by atoms with Crippen LogP contribution in [0.5, 0.6) is 0 Å². The van der Waals surface area contributed by atoms with Crippen molar-refractivity contribution < 1.29 is 4.79 Å². The van der Waals surface area contributed by atoms with Gasteiger partial charge >= 0.3 is 0 Å². The maximum absolute atomic E-state index is 12.2. The highest BCUT2D eigenvalue weighted by molar-refractivity contribution is 5.79. The van der Waals surface area contributed by atoms with Gasteiger partial charge in [-0.15, -0.1) is 0 Å². The van der Waals surface area contributed by atoms with Crippen LogP contribution < -0.4 is 5.73 Å². The van der Waals surface area contributed by atoms with E-state index in [9.17, 15) is 4.79 Å². The van der Waals surface area contributed by atoms with Gasteiger partial charge in [-0.25, -0.2) is 0 Å². The van der Waals surface area contributed by atoms with E-state index in [2.05, 4.69) is 48.1 Å². The molecule has 0 aliphatic heterocycles. The van der Waals surface area contributed by atoms with Gasteiger partial charge in [0.2, 0.25) is 0 Å². The Hall–Kier alpha value is -0.630. The fourth-order valence-electron chi connectivity index (χ4n) is 10.9. The molecule has 5 aliphatic carbocycles. The third-order valence-corrected chi connectivity index (χ3v) is 13.0. The van der Waals surface area contributed by atoms with Gasteiger partial charge in [0.1, 0.15) is 5.78 Å². The van der Waals surface area contributed by atoms with Gasteiger partial charge in [-0.1, -0.05) is 46.8 Å². The van der Waals surface area contributed by atoms with E-state index in [0.29, 0.717) is 23.5 Å². The molecule has 5 rings (SSSR count). The quantitative estimate of drug-likeness (QED) is 0.470. The van der Waals surface area contributed by atoms with E-state index >= 15 is 0 Å². The molecular formula is C29H47NO. The van der Waals surface area contributed by atoms with E-state index in [1.165, 1.54) is 44.1 Å². The van der Waals surface area contributed by atoms with E-state index in [4.69, 9.17) is 5.73 Å². The third-order valence-electron chi connectivity index (χ3n) is 13.0. The van der Waals surface area contributed by atoms with Crippen LogP contribution >= 0.6 is 0 Å². The Labute approximate surface area is 191 Å². The van der Waals surface area contributed by atoms with Gasteiger partial charge in [-0.2, -0.15) is 0 Å². The lowest BCUT2D eigenvalue weighted by molar-refractivity contribution is -0.228. The molecule has 0 aromatic heterocycles. The van der Waals surface area contributed by atoms with Crippen molar-refractivity contribution in [2.75, 3.05) is 0 Å². The van der Waals surface area contributed by atoms with Crippen molar-refractivity contribution in [3.8, 4) is 0 Å². The first-order chi connectivity index (χ1) is 14.4. The Morgan fingerprint density at radius 3 is 2.29 bits per heavy atom. The molecular weight excluding hydrogens is 378 g/mol. The smallest absolute Gasteiger partial charge is 0.133 e. The molecule has 0 amide bonds. The number of fused-ring (bicyclic) bond motifs is 7. The summed E-state index contributed by atoms with van der Waals surface area (Å²) in [6.45, 7) is 19.5. The summed E-state index contributed by atoms with van der Waals surface area (Å²) in [5.74, 6) is 5.65. The van der Waals surface area contributed by atoms with Crippen molar-refractivity contribution in [3.63, 3.8) is 0 Å². The average molecular weight is 426 g/mol. The second-order valence-electron chi connectivity index (χ2n) is 13.9. The van der Waals surface area contributed by atoms with Crippen LogP contribution in [0.3, 0.4) is 0 Å². The summed E-state index contributed by atoms with van der Waals surface area (Å²) in [6.07, 6.45) is 10.6. The SMILES string of the molecule is C=C(C)C1CCC2(N)C1(C)C1CCC3C4CCC(=O)CC4CCC3C1C(C)(C)C2(C)C. The number of hydrogen-bond donors (Lipinski definition) is 1. The number of nitrogens with two attached hydrogens (primary N) is 1. The topological polar surface area (TPSA) is 43.1 Å². The van der Waals surface area contributed by atoms with E-state index in [1.54, 1.807) is 0 Å². The number of carbonyl (C=O) groups is 1. The third kappa shape index (κ3) is 2.52. The highest BCUT2D eigenvalue weighted by Crippen LogP contribution is 2.76. The van der Waals surface area contributed by atoms with Crippen LogP contribution in [-0.4, -0.2) is 11.3 Å². The van der Waals surface area contributed by atoms with Crippen molar-refractivity contribution in [2.45, 2.75) is 105 Å². The largest absolute Gasteiger partial charge is 0.324 e. The zero-order valence-corrected chi connectivity index (χ0v) is 21.1. The highest BCUT2D eigenvalue weighted by atomic mass is 16.1. The van der Waals surface area contributed by atoms with Gasteiger partial charge in [0.15, 0.2) is 0 Å². The summed E-state index contributed by atoms with van der Waals surface area (Å²) < 4.78 is 0. The van der Waals surface area contributed by atoms with Crippen LogP contribution in [0.4, 0.5) is 0 Å². The Morgan fingerprint density at radius 2 is 1.61 bits per heavy atom. The first-order valence-corrected chi connectivity index (χ1v) is 13.3. The van der Waals surface area contributed by atoms with Crippen LogP contribution in [0.1, 0.15) is 99.3 Å². The molecule has 5 fully saturated rings. The van der Waals surface area contributed by atoms with E-state index in [0.717, 1.165) is 42.9 Å². The summed E-state index contributed by atoms with van der Waals surface area (Å²) >= 11 is 0. The lowest BCUT2D eigenvalue weighted by Crippen LogP contribution is -2.76. The molecule has 9 atom stereocenters. The molecule has 0 bridgehead atoms. The molecule has 9 unspecified atom stereocenters. The molecule has 0 spiro atoms. The van der Waals surface area contributed by atoms with Crippen LogP contribution in [0, 0.1) is 57.7 Å². The Balaban J connectivity index is 1.59. The summed E-state index contributed by atoms with van der Waals surface area (Å²) in [7, 11) is 0. The van der Waals surface area contributed by atoms with Crippen molar-refractivity contribution in [1.29, 1.82) is 0 Å². The van der Waals surface area contributed by atoms with Gasteiger partial charge in [-0.05, 0) is 110 Å². The predicted molar refractivity (Wildman–Crippen MR) is 128 cm³/mol. The number of rotatable bonds is 1. The zero-order chi connectivity index (χ0) is 22.6. The van der Waals surface area contributed by atoms with Crippen LogP contribution in [0.15, 0.2) is 12.2 Å². The fourth-order valence-corrected chi connectivity index (χ4v) is 10.9. The molecule has 5 saturated carbocycles. The molecule has 0 radical (unpaired) electrons. The molecule has 31 heavy (non-hydrogen) atoms. The average Bonchev–Trinajstić information content (AvgIpc) is 2.99. The van der Waals surface area contributed by atoms with E-state index < -0.39 is 0 Å². The fraction of sp³-hybridized carbons (Fsp3) is 0.897. The summed E-state index contributed by atoms with van der Waals surface area (Å²) in [6, 6.07) is 0. The Bertz CT molecular complexity index is 795. The number of carbonyl (C=O) groups excluding carboxylic acids is 1. The minimum absolute atomic E-state index is 0.0847. The van der Waals surface area contributed by atoms with Crippen LogP contribution in [0.25, 0.3) is 0 Å². The summed E-state index contributed by atoms with van der Waals surface area (Å²) in [5.41, 5.74) is 9.28. The summed E-state index contributed by atoms with van der Waals surface area (Å²) in [4.78, 5) is 12.2. The lowest BCUT2D eigenvalue weighted by atomic mass is 9.32. The first kappa shape index (κ1) is 22.2. The molecule has 0 saturated heterocycles. The van der Waals surface area contributed by atoms with Crippen molar-refractivity contribution >= 4 is 5.78 Å². The molecule has 2 heteroatoms. The number of hydrogen-bond acceptors (Lipinski definition) is 2. The molecule has 0 aromatic rings. The predicted octanol–water partition coefficient (Wildman–Crippen LogP) is 6.78. The van der Waals surface area contributed by atoms with Gasteiger partial charge in [0.05, 0.1) is 0 Å². The van der Waals surface area contributed by atoms with Crippen LogP contribution in [-0.2, 0) is 4.79 Å². The van der Waals surface area contributed by atoms with Crippen molar-refractivity contribution in [2.24, 2.45) is 63.4 Å². The van der Waals surface area contributed by atoms with Gasteiger partial charge in [0, 0.05) is 18.4 Å². The number of ketones is 1. The standard InChI is InChI=1S/C29H47NO/c1-17(2)23-14-15-29(30)27(5,6)26(3,4)25-22-10-8-18-16-19(31)9-11-20(18)21(22)12-13-24(25)28(23,29)7/h18,20-25H,1,8-16,30H2,2-7H3. The molecule has 0 heterocycles. The minimum atomic E-state index is -0.129.